The van der Waals surface area contributed by atoms with Gasteiger partial charge in [-0.15, -0.1) is 0 Å². The van der Waals surface area contributed by atoms with Crippen LogP contribution in [0.1, 0.15) is 31.5 Å². The van der Waals surface area contributed by atoms with Crippen molar-refractivity contribution in [3.05, 3.63) is 33.7 Å². The molecule has 16 heavy (non-hydrogen) atoms. The van der Waals surface area contributed by atoms with Crippen molar-refractivity contribution < 1.29 is 0 Å². The molecule has 0 amide bonds. The van der Waals surface area contributed by atoms with Crippen molar-refractivity contribution in [2.45, 2.75) is 40.2 Å². The van der Waals surface area contributed by atoms with Crippen LogP contribution in [0.4, 0.5) is 0 Å². The topological polar surface area (TPSA) is 45.8 Å². The Hall–Kier alpha value is -1.56. The van der Waals surface area contributed by atoms with E-state index in [2.05, 4.69) is 13.8 Å². The minimum atomic E-state index is -0.0119. The average Bonchev–Trinajstić information content (AvgIpc) is 2.22. The molecule has 1 aromatic rings. The summed E-state index contributed by atoms with van der Waals surface area (Å²) in [5.41, 5.74) is 1.55. The maximum atomic E-state index is 12.0. The van der Waals surface area contributed by atoms with E-state index >= 15 is 0 Å². The zero-order chi connectivity index (χ0) is 12.1. The maximum Gasteiger partial charge on any atom is 0.254 e. The minimum Gasteiger partial charge on any atom is -0.313 e. The van der Waals surface area contributed by atoms with Gasteiger partial charge in [-0.05, 0) is 25.3 Å². The molecule has 0 aliphatic heterocycles. The second kappa shape index (κ2) is 5.50. The molecule has 0 aromatic carbocycles. The lowest BCUT2D eigenvalue weighted by Crippen LogP contribution is -2.25. The van der Waals surface area contributed by atoms with Crippen LogP contribution in [0.25, 0.3) is 0 Å². The fourth-order valence-electron chi connectivity index (χ4n) is 1.60. The van der Waals surface area contributed by atoms with Crippen LogP contribution in [0.5, 0.6) is 0 Å². The lowest BCUT2D eigenvalue weighted by Gasteiger charge is -2.12. The SMILES string of the molecule is Cc1ccc(CC#N)c(=O)n1CCC(C)C. The van der Waals surface area contributed by atoms with E-state index in [4.69, 9.17) is 5.26 Å². The summed E-state index contributed by atoms with van der Waals surface area (Å²) >= 11 is 0. The lowest BCUT2D eigenvalue weighted by atomic mass is 10.1. The first kappa shape index (κ1) is 12.5. The van der Waals surface area contributed by atoms with Gasteiger partial charge >= 0.3 is 0 Å². The summed E-state index contributed by atoms with van der Waals surface area (Å²) in [6, 6.07) is 5.69. The fraction of sp³-hybridized carbons (Fsp3) is 0.538. The molecule has 3 nitrogen and oxygen atoms in total. The quantitative estimate of drug-likeness (QED) is 0.778. The van der Waals surface area contributed by atoms with Gasteiger partial charge in [-0.2, -0.15) is 5.26 Å². The molecule has 3 heteroatoms. The van der Waals surface area contributed by atoms with E-state index in [9.17, 15) is 4.79 Å². The number of pyridine rings is 1. The first-order valence-electron chi connectivity index (χ1n) is 5.62. The van der Waals surface area contributed by atoms with Crippen molar-refractivity contribution in [3.63, 3.8) is 0 Å². The number of hydrogen-bond donors (Lipinski definition) is 0. The molecule has 0 aliphatic rings. The predicted octanol–water partition coefficient (Wildman–Crippen LogP) is 2.27. The van der Waals surface area contributed by atoms with Crippen LogP contribution in [0, 0.1) is 24.2 Å². The summed E-state index contributed by atoms with van der Waals surface area (Å²) in [6.07, 6.45) is 1.18. The molecular formula is C13H18N2O. The molecule has 1 heterocycles. The summed E-state index contributed by atoms with van der Waals surface area (Å²) < 4.78 is 1.77. The van der Waals surface area contributed by atoms with E-state index < -0.39 is 0 Å². The molecule has 0 saturated carbocycles. The Morgan fingerprint density at radius 1 is 1.44 bits per heavy atom. The van der Waals surface area contributed by atoms with Crippen molar-refractivity contribution in [2.24, 2.45) is 5.92 Å². The highest BCUT2D eigenvalue weighted by Crippen LogP contribution is 2.05. The Labute approximate surface area is 96.3 Å². The smallest absolute Gasteiger partial charge is 0.254 e. The Balaban J connectivity index is 3.03. The molecule has 0 N–H and O–H groups in total. The zero-order valence-corrected chi connectivity index (χ0v) is 10.2. The highest BCUT2D eigenvalue weighted by molar-refractivity contribution is 5.18. The van der Waals surface area contributed by atoms with Crippen molar-refractivity contribution in [1.29, 1.82) is 5.26 Å². The van der Waals surface area contributed by atoms with Gasteiger partial charge in [-0.1, -0.05) is 19.9 Å². The molecule has 0 aliphatic carbocycles. The largest absolute Gasteiger partial charge is 0.313 e. The molecule has 0 spiro atoms. The first-order valence-corrected chi connectivity index (χ1v) is 5.62. The number of hydrogen-bond acceptors (Lipinski definition) is 2. The Morgan fingerprint density at radius 3 is 2.69 bits per heavy atom. The number of nitriles is 1. The van der Waals surface area contributed by atoms with Crippen LogP contribution >= 0.6 is 0 Å². The average molecular weight is 218 g/mol. The van der Waals surface area contributed by atoms with Crippen LogP contribution in [0.2, 0.25) is 0 Å². The van der Waals surface area contributed by atoms with Gasteiger partial charge in [0.1, 0.15) is 0 Å². The number of rotatable bonds is 4. The van der Waals surface area contributed by atoms with E-state index in [1.807, 2.05) is 19.1 Å². The highest BCUT2D eigenvalue weighted by Gasteiger charge is 2.06. The fourth-order valence-corrected chi connectivity index (χ4v) is 1.60. The van der Waals surface area contributed by atoms with Gasteiger partial charge in [0, 0.05) is 17.8 Å². The van der Waals surface area contributed by atoms with Crippen molar-refractivity contribution >= 4 is 0 Å². The second-order valence-electron chi connectivity index (χ2n) is 4.47. The van der Waals surface area contributed by atoms with E-state index in [0.29, 0.717) is 11.5 Å². The van der Waals surface area contributed by atoms with Gasteiger partial charge in [-0.3, -0.25) is 4.79 Å². The first-order chi connectivity index (χ1) is 7.56. The third-order valence-electron chi connectivity index (χ3n) is 2.67. The molecule has 0 radical (unpaired) electrons. The number of nitrogens with zero attached hydrogens (tertiary/aromatic N) is 2. The Bertz CT molecular complexity index is 452. The molecule has 1 aromatic heterocycles. The van der Waals surface area contributed by atoms with Crippen molar-refractivity contribution in [2.75, 3.05) is 0 Å². The Kier molecular flexibility index (Phi) is 4.30. The van der Waals surface area contributed by atoms with Crippen LogP contribution in [0.3, 0.4) is 0 Å². The van der Waals surface area contributed by atoms with Crippen LogP contribution < -0.4 is 5.56 Å². The van der Waals surface area contributed by atoms with Gasteiger partial charge in [0.25, 0.3) is 5.56 Å². The molecule has 0 saturated heterocycles. The molecular weight excluding hydrogens is 200 g/mol. The summed E-state index contributed by atoms with van der Waals surface area (Å²) in [5.74, 6) is 0.575. The molecule has 0 fully saturated rings. The van der Waals surface area contributed by atoms with Gasteiger partial charge in [0.15, 0.2) is 0 Å². The lowest BCUT2D eigenvalue weighted by molar-refractivity contribution is 0.500. The maximum absolute atomic E-state index is 12.0. The Morgan fingerprint density at radius 2 is 2.12 bits per heavy atom. The molecule has 86 valence electrons. The van der Waals surface area contributed by atoms with E-state index in [0.717, 1.165) is 18.7 Å². The molecule has 0 unspecified atom stereocenters. The van der Waals surface area contributed by atoms with Gasteiger partial charge in [0.2, 0.25) is 0 Å². The summed E-state index contributed by atoms with van der Waals surface area (Å²) in [6.45, 7) is 6.94. The van der Waals surface area contributed by atoms with Crippen molar-refractivity contribution in [1.82, 2.24) is 4.57 Å². The van der Waals surface area contributed by atoms with Crippen LogP contribution in [0.15, 0.2) is 16.9 Å². The van der Waals surface area contributed by atoms with Crippen molar-refractivity contribution in [3.8, 4) is 6.07 Å². The van der Waals surface area contributed by atoms with E-state index in [1.165, 1.54) is 0 Å². The number of aromatic nitrogens is 1. The molecule has 0 bridgehead atoms. The normalized spacial score (nSPS) is 10.4. The highest BCUT2D eigenvalue weighted by atomic mass is 16.1. The predicted molar refractivity (Wildman–Crippen MR) is 64.2 cm³/mol. The van der Waals surface area contributed by atoms with Gasteiger partial charge in [0.05, 0.1) is 12.5 Å². The molecule has 1 rings (SSSR count). The van der Waals surface area contributed by atoms with E-state index in [1.54, 1.807) is 10.6 Å². The third kappa shape index (κ3) is 2.96. The summed E-state index contributed by atoms with van der Waals surface area (Å²) in [7, 11) is 0. The molecule has 0 atom stereocenters. The van der Waals surface area contributed by atoms with E-state index in [-0.39, 0.29) is 12.0 Å². The zero-order valence-electron chi connectivity index (χ0n) is 10.2. The minimum absolute atomic E-state index is 0.0119. The standard InChI is InChI=1S/C13H18N2O/c1-10(2)7-9-15-11(3)4-5-12(6-8-14)13(15)16/h4-5,10H,6-7,9H2,1-3H3. The van der Waals surface area contributed by atoms with Gasteiger partial charge in [-0.25, -0.2) is 0 Å². The third-order valence-corrected chi connectivity index (χ3v) is 2.67. The summed E-state index contributed by atoms with van der Waals surface area (Å²) in [4.78, 5) is 12.0. The summed E-state index contributed by atoms with van der Waals surface area (Å²) in [5, 5.41) is 8.62. The van der Waals surface area contributed by atoms with Crippen LogP contribution in [-0.4, -0.2) is 4.57 Å². The second-order valence-corrected chi connectivity index (χ2v) is 4.47. The van der Waals surface area contributed by atoms with Crippen LogP contribution in [-0.2, 0) is 13.0 Å². The number of aryl methyl sites for hydroxylation is 1. The van der Waals surface area contributed by atoms with Gasteiger partial charge < -0.3 is 4.57 Å². The monoisotopic (exact) mass is 218 g/mol.